The van der Waals surface area contributed by atoms with Gasteiger partial charge < -0.3 is 4.74 Å². The van der Waals surface area contributed by atoms with Crippen molar-refractivity contribution in [2.45, 2.75) is 0 Å². The molecule has 1 aromatic carbocycles. The summed E-state index contributed by atoms with van der Waals surface area (Å²) in [4.78, 5) is 10.8. The molecule has 0 amide bonds. The Morgan fingerprint density at radius 2 is 1.92 bits per heavy atom. The molecule has 1 heterocycles. The van der Waals surface area contributed by atoms with Gasteiger partial charge in [0.1, 0.15) is 5.75 Å². The molecule has 1 aliphatic rings. The molecule has 0 spiro atoms. The van der Waals surface area contributed by atoms with Gasteiger partial charge in [-0.1, -0.05) is 12.1 Å². The normalized spacial score (nSPS) is 12.0. The predicted molar refractivity (Wildman–Crippen MR) is 51.0 cm³/mol. The Morgan fingerprint density at radius 1 is 1.15 bits per heavy atom. The summed E-state index contributed by atoms with van der Waals surface area (Å²) in [6, 6.07) is 7.35. The van der Waals surface area contributed by atoms with Gasteiger partial charge in [0.05, 0.1) is 0 Å². The van der Waals surface area contributed by atoms with Crippen molar-refractivity contribution in [1.29, 1.82) is 0 Å². The van der Waals surface area contributed by atoms with Crippen molar-refractivity contribution in [1.82, 2.24) is 0 Å². The van der Waals surface area contributed by atoms with Crippen molar-refractivity contribution in [3.05, 3.63) is 35.9 Å². The standard InChI is InChI=1S/C9H6O2.C2H2/c10-9-5-4-7-2-1-3-8(6-7)11-9;1-2/h1-6H;1-2H. The van der Waals surface area contributed by atoms with E-state index in [-0.39, 0.29) is 5.97 Å². The van der Waals surface area contributed by atoms with Gasteiger partial charge in [-0.3, -0.25) is 0 Å². The first kappa shape index (κ1) is 9.08. The number of benzene rings is 1. The van der Waals surface area contributed by atoms with E-state index in [4.69, 9.17) is 4.74 Å². The van der Waals surface area contributed by atoms with E-state index >= 15 is 0 Å². The molecular formula is C11H8O2. The summed E-state index contributed by atoms with van der Waals surface area (Å²) in [6.07, 6.45) is 11.2. The average molecular weight is 172 g/mol. The Hall–Kier alpha value is -2.01. The monoisotopic (exact) mass is 172 g/mol. The van der Waals surface area contributed by atoms with Crippen LogP contribution in [0.3, 0.4) is 0 Å². The number of rotatable bonds is 0. The number of terminal acetylenes is 1. The summed E-state index contributed by atoms with van der Waals surface area (Å²) < 4.78 is 4.89. The molecule has 0 N–H and O–H groups in total. The molecule has 0 radical (unpaired) electrons. The molecule has 0 atom stereocenters. The minimum atomic E-state index is -0.314. The molecule has 2 rings (SSSR count). The lowest BCUT2D eigenvalue weighted by Crippen LogP contribution is -2.01. The molecular weight excluding hydrogens is 164 g/mol. The van der Waals surface area contributed by atoms with Gasteiger partial charge in [-0.15, -0.1) is 12.8 Å². The largest absolute Gasteiger partial charge is 0.423 e. The third-order valence-corrected chi connectivity index (χ3v) is 1.49. The van der Waals surface area contributed by atoms with E-state index in [9.17, 15) is 4.79 Å². The maximum Gasteiger partial charge on any atom is 0.336 e. The third-order valence-electron chi connectivity index (χ3n) is 1.49. The van der Waals surface area contributed by atoms with Crippen LogP contribution in [0.2, 0.25) is 0 Å². The number of carbonyl (C=O) groups is 1. The third kappa shape index (κ3) is 2.21. The first-order valence-corrected chi connectivity index (χ1v) is 3.68. The summed E-state index contributed by atoms with van der Waals surface area (Å²) in [7, 11) is 0. The maximum atomic E-state index is 10.8. The van der Waals surface area contributed by atoms with E-state index in [0.29, 0.717) is 5.75 Å². The van der Waals surface area contributed by atoms with Crippen LogP contribution in [0.5, 0.6) is 5.75 Å². The SMILES string of the molecule is C#C.O=C1C=Cc2cccc(c2)O1. The maximum absolute atomic E-state index is 10.8. The van der Waals surface area contributed by atoms with E-state index in [1.807, 2.05) is 18.2 Å². The smallest absolute Gasteiger partial charge is 0.336 e. The number of hydrogen-bond acceptors (Lipinski definition) is 2. The fourth-order valence-electron chi connectivity index (χ4n) is 0.996. The number of fused-ring (bicyclic) bond motifs is 2. The van der Waals surface area contributed by atoms with Gasteiger partial charge in [0.15, 0.2) is 0 Å². The zero-order valence-corrected chi connectivity index (χ0v) is 6.94. The molecule has 0 aliphatic carbocycles. The lowest BCUT2D eigenvalue weighted by Gasteiger charge is -1.97. The molecule has 0 fully saturated rings. The molecule has 0 aromatic heterocycles. The van der Waals surface area contributed by atoms with E-state index in [0.717, 1.165) is 5.56 Å². The van der Waals surface area contributed by atoms with Crippen molar-refractivity contribution in [2.24, 2.45) is 0 Å². The highest BCUT2D eigenvalue weighted by Gasteiger charge is 2.04. The van der Waals surface area contributed by atoms with E-state index in [2.05, 4.69) is 12.8 Å². The number of ether oxygens (including phenoxy) is 1. The Morgan fingerprint density at radius 3 is 2.69 bits per heavy atom. The van der Waals surface area contributed by atoms with Crippen LogP contribution < -0.4 is 4.74 Å². The quantitative estimate of drug-likeness (QED) is 0.339. The van der Waals surface area contributed by atoms with E-state index in [1.165, 1.54) is 6.08 Å². The van der Waals surface area contributed by atoms with Crippen LogP contribution in [0.4, 0.5) is 0 Å². The van der Waals surface area contributed by atoms with Crippen LogP contribution in [0, 0.1) is 12.8 Å². The van der Waals surface area contributed by atoms with Gasteiger partial charge >= 0.3 is 5.97 Å². The summed E-state index contributed by atoms with van der Waals surface area (Å²) in [6.45, 7) is 0. The molecule has 64 valence electrons. The molecule has 2 bridgehead atoms. The Balaban J connectivity index is 0.000000396. The summed E-state index contributed by atoms with van der Waals surface area (Å²) in [5.74, 6) is 0.295. The molecule has 1 aliphatic heterocycles. The van der Waals surface area contributed by atoms with Gasteiger partial charge in [-0.25, -0.2) is 4.79 Å². The first-order valence-electron chi connectivity index (χ1n) is 3.68. The summed E-state index contributed by atoms with van der Waals surface area (Å²) >= 11 is 0. The number of hydrogen-bond donors (Lipinski definition) is 0. The van der Waals surface area contributed by atoms with Crippen LogP contribution in [0.25, 0.3) is 6.08 Å². The molecule has 0 saturated heterocycles. The Labute approximate surface area is 76.8 Å². The molecule has 1 aromatic rings. The lowest BCUT2D eigenvalue weighted by molar-refractivity contribution is -0.128. The van der Waals surface area contributed by atoms with Crippen molar-refractivity contribution >= 4 is 12.0 Å². The van der Waals surface area contributed by atoms with Gasteiger partial charge in [0, 0.05) is 6.08 Å². The van der Waals surface area contributed by atoms with Gasteiger partial charge in [0.2, 0.25) is 0 Å². The second-order valence-electron chi connectivity index (χ2n) is 2.33. The topological polar surface area (TPSA) is 26.3 Å². The molecule has 0 saturated carbocycles. The van der Waals surface area contributed by atoms with Crippen LogP contribution >= 0.6 is 0 Å². The van der Waals surface area contributed by atoms with Gasteiger partial charge in [-0.2, -0.15) is 0 Å². The van der Waals surface area contributed by atoms with Crippen molar-refractivity contribution in [3.63, 3.8) is 0 Å². The molecule has 0 unspecified atom stereocenters. The zero-order chi connectivity index (χ0) is 9.68. The number of esters is 1. The van der Waals surface area contributed by atoms with Crippen molar-refractivity contribution in [3.8, 4) is 18.6 Å². The van der Waals surface area contributed by atoms with Crippen molar-refractivity contribution < 1.29 is 9.53 Å². The minimum Gasteiger partial charge on any atom is -0.423 e. The fourth-order valence-corrected chi connectivity index (χ4v) is 0.996. The zero-order valence-electron chi connectivity index (χ0n) is 6.94. The molecule has 2 nitrogen and oxygen atoms in total. The average Bonchev–Trinajstić information content (AvgIpc) is 2.29. The minimum absolute atomic E-state index is 0.314. The Bertz CT molecular complexity index is 361. The van der Waals surface area contributed by atoms with E-state index < -0.39 is 0 Å². The fraction of sp³-hybridized carbons (Fsp3) is 0. The highest BCUT2D eigenvalue weighted by molar-refractivity contribution is 5.90. The van der Waals surface area contributed by atoms with Gasteiger partial charge in [-0.05, 0) is 23.8 Å². The van der Waals surface area contributed by atoms with Crippen LogP contribution in [-0.4, -0.2) is 5.97 Å². The Kier molecular flexibility index (Phi) is 2.88. The van der Waals surface area contributed by atoms with Crippen LogP contribution in [0.1, 0.15) is 5.56 Å². The van der Waals surface area contributed by atoms with Crippen LogP contribution in [0.15, 0.2) is 30.3 Å². The first-order chi connectivity index (χ1) is 6.34. The number of carbonyl (C=O) groups excluding carboxylic acids is 1. The molecule has 13 heavy (non-hydrogen) atoms. The van der Waals surface area contributed by atoms with Crippen molar-refractivity contribution in [2.75, 3.05) is 0 Å². The van der Waals surface area contributed by atoms with E-state index in [1.54, 1.807) is 12.1 Å². The second-order valence-corrected chi connectivity index (χ2v) is 2.33. The highest BCUT2D eigenvalue weighted by atomic mass is 16.5. The highest BCUT2D eigenvalue weighted by Crippen LogP contribution is 2.17. The lowest BCUT2D eigenvalue weighted by atomic mass is 10.2. The molecule has 2 heteroatoms. The predicted octanol–water partition coefficient (Wildman–Crippen LogP) is 1.87. The van der Waals surface area contributed by atoms with Gasteiger partial charge in [0.25, 0.3) is 0 Å². The summed E-state index contributed by atoms with van der Waals surface area (Å²) in [5.41, 5.74) is 0.994. The summed E-state index contributed by atoms with van der Waals surface area (Å²) in [5, 5.41) is 0. The van der Waals surface area contributed by atoms with Crippen LogP contribution in [-0.2, 0) is 4.79 Å². The second kappa shape index (κ2) is 4.13.